The number of nitriles is 1. The summed E-state index contributed by atoms with van der Waals surface area (Å²) in [6.07, 6.45) is 1.78. The largest absolute Gasteiger partial charge is 0.508 e. The maximum atomic E-state index is 13.7. The summed E-state index contributed by atoms with van der Waals surface area (Å²) >= 11 is 1.21. The van der Waals surface area contributed by atoms with Crippen molar-refractivity contribution in [1.82, 2.24) is 4.83 Å². The van der Waals surface area contributed by atoms with Gasteiger partial charge in [0.25, 0.3) is 10.0 Å². The standard InChI is InChI=1S/C35H39N3O6S2/c1-22(2)35(16-14-23-6-10-26(39)11-7-23)20-30(40)32(33(41)44-35)45-31-18-25-15-17-38(29(25)19-28(31)34(3,4)5)37-46(42,43)27-12-8-24(21-36)9-13-27/h6-13,18-19,22,32,37,39H,14-17,20H2,1-5H3/t32?,35-/m0/s1. The van der Waals surface area contributed by atoms with Crippen LogP contribution in [0.15, 0.2) is 70.5 Å². The fourth-order valence-corrected chi connectivity index (χ4v) is 8.31. The van der Waals surface area contributed by atoms with Crippen molar-refractivity contribution in [3.63, 3.8) is 0 Å². The molecule has 242 valence electrons. The summed E-state index contributed by atoms with van der Waals surface area (Å²) in [7, 11) is -3.91. The van der Waals surface area contributed by atoms with Gasteiger partial charge in [0.2, 0.25) is 0 Å². The Morgan fingerprint density at radius 2 is 1.78 bits per heavy atom. The van der Waals surface area contributed by atoms with E-state index in [1.54, 1.807) is 17.1 Å². The van der Waals surface area contributed by atoms with Gasteiger partial charge < -0.3 is 9.84 Å². The van der Waals surface area contributed by atoms with E-state index in [1.807, 2.05) is 65.0 Å². The SMILES string of the molecule is CC(C)[C@]1(CCc2ccc(O)cc2)CC(=O)C(Sc2cc3c(cc2C(C)(C)C)N(NS(=O)(=O)c2ccc(C#N)cc2)CC3)C(=O)O1. The Labute approximate surface area is 275 Å². The van der Waals surface area contributed by atoms with Crippen molar-refractivity contribution in [3.8, 4) is 11.8 Å². The number of Topliss-reactive ketones (excluding diaryl/α,β-unsaturated/α-hetero) is 1. The summed E-state index contributed by atoms with van der Waals surface area (Å²) in [5, 5.41) is 19.3. The van der Waals surface area contributed by atoms with Crippen LogP contribution in [-0.4, -0.2) is 42.7 Å². The number of ether oxygens (including phenoxy) is 1. The van der Waals surface area contributed by atoms with Crippen LogP contribution >= 0.6 is 11.8 Å². The highest BCUT2D eigenvalue weighted by Crippen LogP contribution is 2.44. The Balaban J connectivity index is 1.37. The van der Waals surface area contributed by atoms with Gasteiger partial charge in [0.05, 0.1) is 22.2 Å². The number of ketones is 1. The number of aromatic hydroxyl groups is 1. The van der Waals surface area contributed by atoms with E-state index in [0.29, 0.717) is 31.4 Å². The zero-order valence-corrected chi connectivity index (χ0v) is 28.3. The molecule has 46 heavy (non-hydrogen) atoms. The summed E-state index contributed by atoms with van der Waals surface area (Å²) < 4.78 is 32.5. The Bertz CT molecular complexity index is 1770. The second-order valence-corrected chi connectivity index (χ2v) is 16.1. The molecule has 5 rings (SSSR count). The van der Waals surface area contributed by atoms with Crippen molar-refractivity contribution in [2.24, 2.45) is 5.92 Å². The van der Waals surface area contributed by atoms with Gasteiger partial charge in [-0.15, -0.1) is 16.6 Å². The third-order valence-corrected chi connectivity index (χ3v) is 11.4. The first-order valence-corrected chi connectivity index (χ1v) is 17.7. The van der Waals surface area contributed by atoms with Crippen LogP contribution in [0.3, 0.4) is 0 Å². The molecule has 2 heterocycles. The van der Waals surface area contributed by atoms with Gasteiger partial charge in [0, 0.05) is 17.9 Å². The lowest BCUT2D eigenvalue weighted by Gasteiger charge is -2.41. The number of hydrogen-bond acceptors (Lipinski definition) is 9. The first kappa shape index (κ1) is 33.5. The van der Waals surface area contributed by atoms with Gasteiger partial charge in [-0.25, -0.2) is 8.42 Å². The van der Waals surface area contributed by atoms with Crippen LogP contribution in [0.25, 0.3) is 0 Å². The average Bonchev–Trinajstić information content (AvgIpc) is 3.38. The number of nitrogens with zero attached hydrogens (tertiary/aromatic N) is 2. The molecule has 3 aromatic rings. The van der Waals surface area contributed by atoms with Gasteiger partial charge in [0.15, 0.2) is 11.0 Å². The van der Waals surface area contributed by atoms with Gasteiger partial charge >= 0.3 is 5.97 Å². The van der Waals surface area contributed by atoms with Crippen LogP contribution in [0.5, 0.6) is 5.75 Å². The van der Waals surface area contributed by atoms with E-state index in [9.17, 15) is 23.1 Å². The molecule has 0 spiro atoms. The van der Waals surface area contributed by atoms with E-state index in [2.05, 4.69) is 4.83 Å². The molecule has 0 bridgehead atoms. The fourth-order valence-electron chi connectivity index (χ4n) is 5.92. The summed E-state index contributed by atoms with van der Waals surface area (Å²) in [5.41, 5.74) is 2.56. The number of carbonyl (C=O) groups excluding carboxylic acids is 2. The molecule has 3 aromatic carbocycles. The van der Waals surface area contributed by atoms with Crippen LogP contribution in [0, 0.1) is 17.2 Å². The number of fused-ring (bicyclic) bond motifs is 1. The lowest BCUT2D eigenvalue weighted by molar-refractivity contribution is -0.176. The van der Waals surface area contributed by atoms with Crippen LogP contribution in [0.2, 0.25) is 0 Å². The monoisotopic (exact) mass is 661 g/mol. The Morgan fingerprint density at radius 3 is 2.37 bits per heavy atom. The van der Waals surface area contributed by atoms with Crippen molar-refractivity contribution in [3.05, 3.63) is 82.9 Å². The molecule has 11 heteroatoms. The average molecular weight is 662 g/mol. The number of carbonyl (C=O) groups is 2. The molecule has 0 saturated carbocycles. The molecule has 0 aromatic heterocycles. The molecular weight excluding hydrogens is 623 g/mol. The van der Waals surface area contributed by atoms with Gasteiger partial charge in [-0.05, 0) is 95.8 Å². The molecule has 9 nitrogen and oxygen atoms in total. The van der Waals surface area contributed by atoms with Crippen LogP contribution in [0.1, 0.15) is 69.7 Å². The number of anilines is 1. The molecule has 2 atom stereocenters. The number of cyclic esters (lactones) is 1. The van der Waals surface area contributed by atoms with Crippen LogP contribution in [0.4, 0.5) is 5.69 Å². The predicted octanol–water partition coefficient (Wildman–Crippen LogP) is 5.82. The van der Waals surface area contributed by atoms with Crippen molar-refractivity contribution in [1.29, 1.82) is 5.26 Å². The van der Waals surface area contributed by atoms with Crippen molar-refractivity contribution >= 4 is 39.2 Å². The number of benzene rings is 3. The van der Waals surface area contributed by atoms with Crippen LogP contribution in [-0.2, 0) is 42.6 Å². The number of phenolic OH excluding ortho intramolecular Hbond substituents is 1. The highest BCUT2D eigenvalue weighted by atomic mass is 32.2. The van der Waals surface area contributed by atoms with E-state index in [0.717, 1.165) is 27.3 Å². The molecular formula is C35H39N3O6S2. The summed E-state index contributed by atoms with van der Waals surface area (Å²) in [4.78, 5) is 30.8. The summed E-state index contributed by atoms with van der Waals surface area (Å²) in [6, 6.07) is 18.5. The summed E-state index contributed by atoms with van der Waals surface area (Å²) in [5.74, 6) is -0.608. The second kappa shape index (κ2) is 12.7. The smallest absolute Gasteiger partial charge is 0.327 e. The van der Waals surface area contributed by atoms with E-state index in [1.165, 1.54) is 36.0 Å². The number of aryl methyl sites for hydroxylation is 1. The van der Waals surface area contributed by atoms with Crippen molar-refractivity contribution in [2.45, 2.75) is 86.4 Å². The normalized spacial score (nSPS) is 20.0. The zero-order valence-electron chi connectivity index (χ0n) is 26.7. The van der Waals surface area contributed by atoms with Crippen LogP contribution < -0.4 is 9.84 Å². The molecule has 2 N–H and O–H groups in total. The topological polar surface area (TPSA) is 137 Å². The highest BCUT2D eigenvalue weighted by Gasteiger charge is 2.49. The molecule has 2 aliphatic rings. The first-order valence-electron chi connectivity index (χ1n) is 15.3. The predicted molar refractivity (Wildman–Crippen MR) is 177 cm³/mol. The number of esters is 1. The third kappa shape index (κ3) is 6.94. The number of sulfonamides is 1. The molecule has 1 unspecified atom stereocenters. The third-order valence-electron chi connectivity index (χ3n) is 8.76. The van der Waals surface area contributed by atoms with Gasteiger partial charge in [-0.2, -0.15) is 5.26 Å². The van der Waals surface area contributed by atoms with Gasteiger partial charge in [-0.3, -0.25) is 14.6 Å². The molecule has 0 radical (unpaired) electrons. The Kier molecular flexibility index (Phi) is 9.28. The molecule has 1 saturated heterocycles. The fraction of sp³-hybridized carbons (Fsp3) is 0.400. The quantitative estimate of drug-likeness (QED) is 0.215. The number of hydrazine groups is 1. The highest BCUT2D eigenvalue weighted by molar-refractivity contribution is 8.01. The van der Waals surface area contributed by atoms with E-state index in [-0.39, 0.29) is 34.2 Å². The molecule has 2 aliphatic heterocycles. The first-order chi connectivity index (χ1) is 21.6. The number of nitrogens with one attached hydrogen (secondary N) is 1. The second-order valence-electron chi connectivity index (χ2n) is 13.3. The lowest BCUT2D eigenvalue weighted by Crippen LogP contribution is -2.52. The van der Waals surface area contributed by atoms with Gasteiger partial charge in [0.1, 0.15) is 11.4 Å². The maximum absolute atomic E-state index is 13.7. The number of rotatable bonds is 9. The molecule has 0 aliphatic carbocycles. The molecule has 0 amide bonds. The van der Waals surface area contributed by atoms with E-state index in [4.69, 9.17) is 10.00 Å². The van der Waals surface area contributed by atoms with Crippen molar-refractivity contribution in [2.75, 3.05) is 11.6 Å². The minimum atomic E-state index is -3.91. The number of phenols is 1. The Morgan fingerprint density at radius 1 is 1.11 bits per heavy atom. The van der Waals surface area contributed by atoms with Gasteiger partial charge in [-0.1, -0.05) is 46.8 Å². The minimum absolute atomic E-state index is 0.0537. The summed E-state index contributed by atoms with van der Waals surface area (Å²) in [6.45, 7) is 10.4. The minimum Gasteiger partial charge on any atom is -0.508 e. The lowest BCUT2D eigenvalue weighted by atomic mass is 9.78. The van der Waals surface area contributed by atoms with Crippen molar-refractivity contribution < 1.29 is 27.9 Å². The number of hydrogen-bond donors (Lipinski definition) is 2. The van der Waals surface area contributed by atoms with E-state index >= 15 is 0 Å². The zero-order chi connectivity index (χ0) is 33.4. The Hall–Kier alpha value is -3.85. The van der Waals surface area contributed by atoms with E-state index < -0.39 is 26.8 Å². The number of thioether (sulfide) groups is 1. The molecule has 1 fully saturated rings. The maximum Gasteiger partial charge on any atom is 0.327 e.